The summed E-state index contributed by atoms with van der Waals surface area (Å²) in [6, 6.07) is 1.34. The molecule has 0 saturated carbocycles. The quantitative estimate of drug-likeness (QED) is 0.602. The second kappa shape index (κ2) is 6.36. The van der Waals surface area contributed by atoms with E-state index >= 15 is 0 Å². The highest BCUT2D eigenvalue weighted by atomic mass is 16.2. The Bertz CT molecular complexity index is 246. The van der Waals surface area contributed by atoms with E-state index in [0.717, 1.165) is 12.8 Å². The number of unbranched alkanes of at least 4 members (excludes halogenated alkanes) is 1. The minimum atomic E-state index is 0.189. The lowest BCUT2D eigenvalue weighted by Crippen LogP contribution is -2.39. The van der Waals surface area contributed by atoms with Crippen LogP contribution in [0.1, 0.15) is 44.9 Å². The molecule has 2 rings (SSSR count). The molecule has 0 aromatic heterocycles. The number of fused-ring (bicyclic) bond motifs is 2. The van der Waals surface area contributed by atoms with E-state index in [1.54, 1.807) is 0 Å². The summed E-state index contributed by atoms with van der Waals surface area (Å²) in [6.45, 7) is 0.921. The molecule has 2 fully saturated rings. The van der Waals surface area contributed by atoms with Gasteiger partial charge in [0.1, 0.15) is 0 Å². The molecular weight excluding hydrogens is 216 g/mol. The predicted molar refractivity (Wildman–Crippen MR) is 66.6 cm³/mol. The van der Waals surface area contributed by atoms with Gasteiger partial charge in [-0.15, -0.1) is 0 Å². The van der Waals surface area contributed by atoms with Crippen molar-refractivity contribution in [3.8, 4) is 0 Å². The Kier molecular flexibility index (Phi) is 4.80. The normalized spacial score (nSPS) is 31.5. The molecule has 3 N–H and O–H groups in total. The van der Waals surface area contributed by atoms with Crippen molar-refractivity contribution in [2.24, 2.45) is 5.92 Å². The molecule has 2 saturated heterocycles. The van der Waals surface area contributed by atoms with Crippen LogP contribution in [0.5, 0.6) is 0 Å². The van der Waals surface area contributed by atoms with Crippen molar-refractivity contribution in [1.29, 1.82) is 0 Å². The van der Waals surface area contributed by atoms with E-state index in [1.165, 1.54) is 25.7 Å². The number of amides is 1. The van der Waals surface area contributed by atoms with Gasteiger partial charge >= 0.3 is 0 Å². The third kappa shape index (κ3) is 3.96. The number of rotatable bonds is 6. The molecule has 2 aliphatic rings. The highest BCUT2D eigenvalue weighted by Crippen LogP contribution is 2.32. The fourth-order valence-electron chi connectivity index (χ4n) is 3.14. The molecule has 2 atom stereocenters. The van der Waals surface area contributed by atoms with Gasteiger partial charge in [-0.25, -0.2) is 0 Å². The summed E-state index contributed by atoms with van der Waals surface area (Å²) in [5, 5.41) is 15.2. The molecule has 0 aliphatic carbocycles. The molecule has 0 radical (unpaired) electrons. The van der Waals surface area contributed by atoms with Crippen LogP contribution in [0, 0.1) is 5.92 Å². The van der Waals surface area contributed by atoms with Gasteiger partial charge in [-0.3, -0.25) is 4.79 Å². The minimum absolute atomic E-state index is 0.189. The van der Waals surface area contributed by atoms with Crippen LogP contribution in [0.25, 0.3) is 0 Å². The van der Waals surface area contributed by atoms with Crippen molar-refractivity contribution in [1.82, 2.24) is 10.6 Å². The van der Waals surface area contributed by atoms with Gasteiger partial charge in [-0.05, 0) is 44.4 Å². The van der Waals surface area contributed by atoms with Crippen LogP contribution >= 0.6 is 0 Å². The first-order valence-electron chi connectivity index (χ1n) is 6.91. The molecule has 17 heavy (non-hydrogen) atoms. The molecule has 1 amide bonds. The third-order valence-electron chi connectivity index (χ3n) is 3.95. The molecule has 4 heteroatoms. The van der Waals surface area contributed by atoms with E-state index in [4.69, 9.17) is 5.11 Å². The average Bonchev–Trinajstić information content (AvgIpc) is 2.64. The van der Waals surface area contributed by atoms with Crippen molar-refractivity contribution < 1.29 is 9.90 Å². The largest absolute Gasteiger partial charge is 0.396 e. The zero-order valence-corrected chi connectivity index (χ0v) is 10.5. The van der Waals surface area contributed by atoms with E-state index in [9.17, 15) is 4.79 Å². The molecule has 2 aliphatic heterocycles. The smallest absolute Gasteiger partial charge is 0.220 e. The van der Waals surface area contributed by atoms with Crippen molar-refractivity contribution in [3.63, 3.8) is 0 Å². The van der Waals surface area contributed by atoms with Crippen LogP contribution in [0.4, 0.5) is 0 Å². The van der Waals surface area contributed by atoms with Gasteiger partial charge in [-0.1, -0.05) is 0 Å². The van der Waals surface area contributed by atoms with E-state index in [1.807, 2.05) is 0 Å². The van der Waals surface area contributed by atoms with E-state index < -0.39 is 0 Å². The maximum absolute atomic E-state index is 11.7. The van der Waals surface area contributed by atoms with Crippen molar-refractivity contribution >= 4 is 5.91 Å². The Morgan fingerprint density at radius 1 is 1.24 bits per heavy atom. The number of hydrogen-bond donors (Lipinski definition) is 3. The van der Waals surface area contributed by atoms with Crippen LogP contribution in [0.2, 0.25) is 0 Å². The lowest BCUT2D eigenvalue weighted by atomic mass is 9.89. The lowest BCUT2D eigenvalue weighted by Gasteiger charge is -2.28. The van der Waals surface area contributed by atoms with Crippen LogP contribution in [0.3, 0.4) is 0 Å². The number of nitrogens with one attached hydrogen (secondary N) is 2. The van der Waals surface area contributed by atoms with Crippen molar-refractivity contribution in [2.75, 3.05) is 13.2 Å². The zero-order chi connectivity index (χ0) is 12.1. The summed E-state index contributed by atoms with van der Waals surface area (Å²) in [7, 11) is 0. The second-order valence-electron chi connectivity index (χ2n) is 5.46. The number of aliphatic hydroxyl groups excluding tert-OH is 1. The van der Waals surface area contributed by atoms with Gasteiger partial charge in [0, 0.05) is 31.7 Å². The van der Waals surface area contributed by atoms with Crippen LogP contribution in [-0.2, 0) is 4.79 Å². The molecule has 0 aromatic rings. The maximum atomic E-state index is 11.7. The molecule has 98 valence electrons. The number of hydrogen-bond acceptors (Lipinski definition) is 3. The Labute approximate surface area is 103 Å². The second-order valence-corrected chi connectivity index (χ2v) is 5.46. The van der Waals surface area contributed by atoms with E-state index in [-0.39, 0.29) is 12.5 Å². The van der Waals surface area contributed by atoms with Gasteiger partial charge in [0.2, 0.25) is 5.91 Å². The Hall–Kier alpha value is -0.610. The molecular formula is C13H24N2O2. The zero-order valence-electron chi connectivity index (χ0n) is 10.5. The number of aliphatic hydroxyl groups is 1. The fraction of sp³-hybridized carbons (Fsp3) is 0.923. The van der Waals surface area contributed by atoms with Crippen molar-refractivity contribution in [3.05, 3.63) is 0 Å². The summed E-state index contributed by atoms with van der Waals surface area (Å²) in [5.74, 6) is 0.765. The first kappa shape index (κ1) is 12.8. The molecule has 0 spiro atoms. The topological polar surface area (TPSA) is 61.4 Å². The first-order chi connectivity index (χ1) is 8.28. The van der Waals surface area contributed by atoms with Gasteiger partial charge in [-0.2, -0.15) is 0 Å². The van der Waals surface area contributed by atoms with Gasteiger partial charge in [0.25, 0.3) is 0 Å². The van der Waals surface area contributed by atoms with Crippen LogP contribution in [-0.4, -0.2) is 36.2 Å². The SMILES string of the molecule is O=C(CC1CC2CCC(C1)N2)NCCCCO. The Balaban J connectivity index is 1.61. The van der Waals surface area contributed by atoms with Gasteiger partial charge < -0.3 is 15.7 Å². The maximum Gasteiger partial charge on any atom is 0.220 e. The van der Waals surface area contributed by atoms with E-state index in [0.29, 0.717) is 31.0 Å². The summed E-state index contributed by atoms with van der Waals surface area (Å²) < 4.78 is 0. The molecule has 2 unspecified atom stereocenters. The van der Waals surface area contributed by atoms with Crippen molar-refractivity contribution in [2.45, 2.75) is 57.0 Å². The standard InChI is InChI=1S/C13H24N2O2/c16-6-2-1-5-14-13(17)9-10-7-11-3-4-12(8-10)15-11/h10-12,15-16H,1-9H2,(H,14,17). The lowest BCUT2D eigenvalue weighted by molar-refractivity contribution is -0.122. The highest BCUT2D eigenvalue weighted by molar-refractivity contribution is 5.76. The molecule has 4 nitrogen and oxygen atoms in total. The van der Waals surface area contributed by atoms with Crippen LogP contribution < -0.4 is 10.6 Å². The molecule has 2 heterocycles. The summed E-state index contributed by atoms with van der Waals surface area (Å²) in [5.41, 5.74) is 0. The average molecular weight is 240 g/mol. The third-order valence-corrected chi connectivity index (χ3v) is 3.95. The van der Waals surface area contributed by atoms with Gasteiger partial charge in [0.05, 0.1) is 0 Å². The summed E-state index contributed by atoms with van der Waals surface area (Å²) >= 11 is 0. The highest BCUT2D eigenvalue weighted by Gasteiger charge is 2.33. The van der Waals surface area contributed by atoms with Gasteiger partial charge in [0.15, 0.2) is 0 Å². The molecule has 0 aromatic carbocycles. The van der Waals surface area contributed by atoms with E-state index in [2.05, 4.69) is 10.6 Å². The summed E-state index contributed by atoms with van der Waals surface area (Å²) in [6.07, 6.45) is 7.25. The first-order valence-corrected chi connectivity index (χ1v) is 6.91. The Morgan fingerprint density at radius 3 is 2.59 bits per heavy atom. The number of piperidine rings is 1. The number of carbonyl (C=O) groups is 1. The monoisotopic (exact) mass is 240 g/mol. The molecule has 2 bridgehead atoms. The fourth-order valence-corrected chi connectivity index (χ4v) is 3.14. The Morgan fingerprint density at radius 2 is 1.94 bits per heavy atom. The summed E-state index contributed by atoms with van der Waals surface area (Å²) in [4.78, 5) is 11.7. The predicted octanol–water partition coefficient (Wildman–Crippen LogP) is 0.796. The number of carbonyl (C=O) groups excluding carboxylic acids is 1. The minimum Gasteiger partial charge on any atom is -0.396 e. The van der Waals surface area contributed by atoms with Crippen LogP contribution in [0.15, 0.2) is 0 Å².